The molecule has 0 aliphatic carbocycles. The zero-order valence-corrected chi connectivity index (χ0v) is 12.7. The molecule has 4 heteroatoms. The van der Waals surface area contributed by atoms with Gasteiger partial charge in [0.1, 0.15) is 0 Å². The summed E-state index contributed by atoms with van der Waals surface area (Å²) >= 11 is 7.70. The van der Waals surface area contributed by atoms with Crippen molar-refractivity contribution >= 4 is 22.9 Å². The van der Waals surface area contributed by atoms with Gasteiger partial charge in [0.2, 0.25) is 0 Å². The highest BCUT2D eigenvalue weighted by Gasteiger charge is 2.35. The normalized spacial score (nSPS) is 24.0. The molecule has 102 valence electrons. The summed E-state index contributed by atoms with van der Waals surface area (Å²) in [5.74, 6) is 0.695. The molecule has 0 bridgehead atoms. The first-order valence-electron chi connectivity index (χ1n) is 6.62. The van der Waals surface area contributed by atoms with Gasteiger partial charge in [-0.15, -0.1) is 11.3 Å². The molecule has 1 N–H and O–H groups in total. The number of hydrogen-bond acceptors (Lipinski definition) is 3. The van der Waals surface area contributed by atoms with Crippen LogP contribution in [0.15, 0.2) is 12.1 Å². The van der Waals surface area contributed by atoms with Crippen LogP contribution in [0, 0.1) is 11.3 Å². The van der Waals surface area contributed by atoms with E-state index in [1.807, 2.05) is 6.07 Å². The zero-order chi connectivity index (χ0) is 13.0. The topological polar surface area (TPSA) is 21.3 Å². The molecule has 1 aliphatic rings. The minimum atomic E-state index is 0.267. The summed E-state index contributed by atoms with van der Waals surface area (Å²) < 4.78 is 6.51. The Labute approximate surface area is 119 Å². The summed E-state index contributed by atoms with van der Waals surface area (Å²) in [7, 11) is 0. The van der Waals surface area contributed by atoms with E-state index in [0.29, 0.717) is 5.92 Å². The van der Waals surface area contributed by atoms with Crippen molar-refractivity contribution < 1.29 is 4.74 Å². The summed E-state index contributed by atoms with van der Waals surface area (Å²) in [4.78, 5) is 1.37. The highest BCUT2D eigenvalue weighted by atomic mass is 35.5. The van der Waals surface area contributed by atoms with Gasteiger partial charge in [0.25, 0.3) is 0 Å². The molecular formula is C14H22ClNOS. The second-order valence-electron chi connectivity index (χ2n) is 5.71. The molecule has 1 unspecified atom stereocenters. The molecule has 1 aromatic heterocycles. The molecule has 0 radical (unpaired) electrons. The van der Waals surface area contributed by atoms with Crippen LogP contribution in [0.2, 0.25) is 4.34 Å². The molecular weight excluding hydrogens is 266 g/mol. The van der Waals surface area contributed by atoms with Gasteiger partial charge >= 0.3 is 0 Å². The highest BCUT2D eigenvalue weighted by Crippen LogP contribution is 2.35. The van der Waals surface area contributed by atoms with Gasteiger partial charge in [-0.3, -0.25) is 0 Å². The summed E-state index contributed by atoms with van der Waals surface area (Å²) in [5.41, 5.74) is 0.267. The Morgan fingerprint density at radius 1 is 1.50 bits per heavy atom. The van der Waals surface area contributed by atoms with Crippen molar-refractivity contribution in [1.82, 2.24) is 5.32 Å². The fourth-order valence-corrected chi connectivity index (χ4v) is 3.69. The third-order valence-corrected chi connectivity index (χ3v) is 4.65. The lowest BCUT2D eigenvalue weighted by Gasteiger charge is -2.27. The monoisotopic (exact) mass is 287 g/mol. The molecule has 1 atom stereocenters. The average Bonchev–Trinajstić information content (AvgIpc) is 2.89. The van der Waals surface area contributed by atoms with E-state index in [-0.39, 0.29) is 5.41 Å². The van der Waals surface area contributed by atoms with E-state index in [4.69, 9.17) is 16.3 Å². The number of thiophene rings is 1. The molecule has 2 rings (SSSR count). The van der Waals surface area contributed by atoms with Crippen molar-refractivity contribution in [1.29, 1.82) is 0 Å². The van der Waals surface area contributed by atoms with Gasteiger partial charge in [-0.2, -0.15) is 0 Å². The first-order chi connectivity index (χ1) is 8.60. The van der Waals surface area contributed by atoms with Crippen molar-refractivity contribution in [3.8, 4) is 0 Å². The maximum Gasteiger partial charge on any atom is 0.0931 e. The highest BCUT2D eigenvalue weighted by molar-refractivity contribution is 7.16. The summed E-state index contributed by atoms with van der Waals surface area (Å²) in [6.07, 6.45) is 2.23. The second-order valence-corrected chi connectivity index (χ2v) is 7.51. The van der Waals surface area contributed by atoms with E-state index in [1.165, 1.54) is 4.88 Å². The van der Waals surface area contributed by atoms with Crippen LogP contribution in [0.1, 0.15) is 25.1 Å². The van der Waals surface area contributed by atoms with Crippen LogP contribution >= 0.6 is 22.9 Å². The third kappa shape index (κ3) is 3.95. The van der Waals surface area contributed by atoms with Gasteiger partial charge in [0.15, 0.2) is 0 Å². The van der Waals surface area contributed by atoms with Crippen LogP contribution in [0.4, 0.5) is 0 Å². The largest absolute Gasteiger partial charge is 0.381 e. The van der Waals surface area contributed by atoms with E-state index < -0.39 is 0 Å². The van der Waals surface area contributed by atoms with E-state index in [2.05, 4.69) is 25.2 Å². The summed E-state index contributed by atoms with van der Waals surface area (Å²) in [6.45, 7) is 8.36. The molecule has 1 aromatic rings. The van der Waals surface area contributed by atoms with Crippen molar-refractivity contribution in [3.63, 3.8) is 0 Å². The third-order valence-electron chi connectivity index (χ3n) is 3.42. The predicted octanol–water partition coefficient (Wildman–Crippen LogP) is 3.60. The van der Waals surface area contributed by atoms with Crippen molar-refractivity contribution in [2.75, 3.05) is 26.3 Å². The SMILES string of the molecule is CC(C)CNCC1(Cc2ccc(Cl)s2)CCOC1. The van der Waals surface area contributed by atoms with E-state index in [1.54, 1.807) is 11.3 Å². The molecule has 2 heterocycles. The van der Waals surface area contributed by atoms with Gasteiger partial charge < -0.3 is 10.1 Å². The minimum absolute atomic E-state index is 0.267. The summed E-state index contributed by atoms with van der Waals surface area (Å²) in [6, 6.07) is 4.14. The molecule has 1 fully saturated rings. The number of hydrogen-bond donors (Lipinski definition) is 1. The lowest BCUT2D eigenvalue weighted by atomic mass is 9.83. The Morgan fingerprint density at radius 3 is 2.89 bits per heavy atom. The summed E-state index contributed by atoms with van der Waals surface area (Å²) in [5, 5.41) is 3.59. The predicted molar refractivity (Wildman–Crippen MR) is 78.6 cm³/mol. The van der Waals surface area contributed by atoms with Crippen LogP contribution in [-0.2, 0) is 11.2 Å². The maximum atomic E-state index is 6.01. The Morgan fingerprint density at radius 2 is 2.33 bits per heavy atom. The van der Waals surface area contributed by atoms with Crippen molar-refractivity contribution in [3.05, 3.63) is 21.3 Å². The van der Waals surface area contributed by atoms with Gasteiger partial charge in [0, 0.05) is 23.4 Å². The van der Waals surface area contributed by atoms with Crippen LogP contribution < -0.4 is 5.32 Å². The zero-order valence-electron chi connectivity index (χ0n) is 11.2. The Hall–Kier alpha value is -0.0900. The van der Waals surface area contributed by atoms with Gasteiger partial charge in [0.05, 0.1) is 10.9 Å². The smallest absolute Gasteiger partial charge is 0.0931 e. The number of ether oxygens (including phenoxy) is 1. The fourth-order valence-electron chi connectivity index (χ4n) is 2.43. The minimum Gasteiger partial charge on any atom is -0.381 e. The van der Waals surface area contributed by atoms with Gasteiger partial charge in [-0.25, -0.2) is 0 Å². The van der Waals surface area contributed by atoms with Crippen LogP contribution in [0.5, 0.6) is 0 Å². The van der Waals surface area contributed by atoms with Gasteiger partial charge in [-0.05, 0) is 37.4 Å². The van der Waals surface area contributed by atoms with Crippen LogP contribution in [0.25, 0.3) is 0 Å². The van der Waals surface area contributed by atoms with E-state index in [9.17, 15) is 0 Å². The molecule has 0 spiro atoms. The molecule has 2 nitrogen and oxygen atoms in total. The van der Waals surface area contributed by atoms with E-state index in [0.717, 1.165) is 43.5 Å². The number of halogens is 1. The average molecular weight is 288 g/mol. The molecule has 18 heavy (non-hydrogen) atoms. The number of nitrogens with one attached hydrogen (secondary N) is 1. The molecule has 0 amide bonds. The molecule has 0 saturated carbocycles. The standard InChI is InChI=1S/C14H22ClNOS/c1-11(2)8-16-9-14(5-6-17-10-14)7-12-3-4-13(15)18-12/h3-4,11,16H,5-10H2,1-2H3. The Balaban J connectivity index is 1.93. The fraction of sp³-hybridized carbons (Fsp3) is 0.714. The van der Waals surface area contributed by atoms with Crippen LogP contribution in [0.3, 0.4) is 0 Å². The van der Waals surface area contributed by atoms with E-state index >= 15 is 0 Å². The lowest BCUT2D eigenvalue weighted by molar-refractivity contribution is 0.149. The molecule has 1 saturated heterocycles. The quantitative estimate of drug-likeness (QED) is 0.863. The van der Waals surface area contributed by atoms with Crippen molar-refractivity contribution in [2.24, 2.45) is 11.3 Å². The van der Waals surface area contributed by atoms with Crippen LogP contribution in [-0.4, -0.2) is 26.3 Å². The maximum absolute atomic E-state index is 6.01. The first-order valence-corrected chi connectivity index (χ1v) is 7.82. The molecule has 0 aromatic carbocycles. The molecule has 1 aliphatic heterocycles. The Bertz CT molecular complexity index is 372. The second kappa shape index (κ2) is 6.38. The number of rotatable bonds is 6. The van der Waals surface area contributed by atoms with Crippen molar-refractivity contribution in [2.45, 2.75) is 26.7 Å². The first kappa shape index (κ1) is 14.3. The Kier molecular flexibility index (Phi) is 5.07. The lowest BCUT2D eigenvalue weighted by Crippen LogP contribution is -2.38. The van der Waals surface area contributed by atoms with Gasteiger partial charge in [-0.1, -0.05) is 25.4 Å².